The van der Waals surface area contributed by atoms with E-state index in [0.717, 1.165) is 16.9 Å². The van der Waals surface area contributed by atoms with Crippen LogP contribution in [0.25, 0.3) is 0 Å². The van der Waals surface area contributed by atoms with E-state index in [-0.39, 0.29) is 11.3 Å². The van der Waals surface area contributed by atoms with Gasteiger partial charge in [-0.05, 0) is 25.2 Å². The van der Waals surface area contributed by atoms with Gasteiger partial charge in [-0.1, -0.05) is 35.2 Å². The number of alkyl halides is 1. The van der Waals surface area contributed by atoms with Gasteiger partial charge in [0, 0.05) is 11.9 Å². The maximum absolute atomic E-state index is 12.0. The van der Waals surface area contributed by atoms with E-state index in [4.69, 9.17) is 0 Å². The van der Waals surface area contributed by atoms with E-state index in [1.165, 1.54) is 43.4 Å². The summed E-state index contributed by atoms with van der Waals surface area (Å²) in [4.78, 5) is 16.8. The number of amides is 1. The third-order valence-electron chi connectivity index (χ3n) is 3.67. The lowest BCUT2D eigenvalue weighted by Gasteiger charge is -2.35. The average molecular weight is 331 g/mol. The molecule has 0 aliphatic heterocycles. The number of aryl methyl sites for hydroxylation is 1. The number of halogens is 1. The van der Waals surface area contributed by atoms with E-state index in [2.05, 4.69) is 26.2 Å². The topological polar surface area (TPSA) is 42.0 Å². The van der Waals surface area contributed by atoms with Crippen molar-refractivity contribution in [3.8, 4) is 0 Å². The lowest BCUT2D eigenvalue weighted by atomic mass is 9.75. The van der Waals surface area contributed by atoms with Crippen molar-refractivity contribution >= 4 is 33.2 Å². The van der Waals surface area contributed by atoms with Gasteiger partial charge in [0.25, 0.3) is 5.91 Å². The number of nitrogens with zero attached hydrogens (tertiary/aromatic N) is 1. The third kappa shape index (κ3) is 3.32. The molecular weight excluding hydrogens is 312 g/mol. The van der Waals surface area contributed by atoms with Crippen molar-refractivity contribution in [3.63, 3.8) is 0 Å². The van der Waals surface area contributed by atoms with Crippen molar-refractivity contribution < 1.29 is 4.79 Å². The molecular formula is C13H19BrN2OS. The number of hydrogen-bond donors (Lipinski definition) is 1. The molecule has 5 heteroatoms. The number of carbonyl (C=O) groups excluding carboxylic acids is 1. The first kappa shape index (κ1) is 14.0. The van der Waals surface area contributed by atoms with Crippen molar-refractivity contribution in [2.75, 3.05) is 11.9 Å². The minimum atomic E-state index is 0.0199. The second-order valence-electron chi connectivity index (χ2n) is 5.12. The van der Waals surface area contributed by atoms with Crippen molar-refractivity contribution in [1.82, 2.24) is 10.3 Å². The molecule has 1 aliphatic carbocycles. The summed E-state index contributed by atoms with van der Waals surface area (Å²) in [5, 5.41) is 4.99. The average Bonchev–Trinajstić information content (AvgIpc) is 2.84. The highest BCUT2D eigenvalue weighted by Gasteiger charge is 2.31. The van der Waals surface area contributed by atoms with Crippen LogP contribution in [-0.2, 0) is 0 Å². The van der Waals surface area contributed by atoms with E-state index in [0.29, 0.717) is 4.88 Å². The van der Waals surface area contributed by atoms with Crippen LogP contribution in [0.4, 0.5) is 0 Å². The van der Waals surface area contributed by atoms with Crippen molar-refractivity contribution in [2.45, 2.75) is 39.0 Å². The summed E-state index contributed by atoms with van der Waals surface area (Å²) < 4.78 is 0. The molecule has 1 heterocycles. The highest BCUT2D eigenvalue weighted by molar-refractivity contribution is 9.09. The molecule has 0 saturated heterocycles. The quantitative estimate of drug-likeness (QED) is 0.858. The van der Waals surface area contributed by atoms with E-state index in [1.807, 2.05) is 6.92 Å². The highest BCUT2D eigenvalue weighted by atomic mass is 79.9. The predicted octanol–water partition coefficient (Wildman–Crippen LogP) is 3.53. The number of nitrogens with one attached hydrogen (secondary N) is 1. The van der Waals surface area contributed by atoms with Gasteiger partial charge in [0.2, 0.25) is 0 Å². The SMILES string of the molecule is Cc1ncc(C(=O)NCC2(CBr)CCCCC2)s1. The molecule has 1 aromatic heterocycles. The fourth-order valence-corrected chi connectivity index (χ4v) is 3.93. The summed E-state index contributed by atoms with van der Waals surface area (Å²) in [5.74, 6) is 0.0199. The third-order valence-corrected chi connectivity index (χ3v) is 5.77. The Hall–Kier alpha value is -0.420. The highest BCUT2D eigenvalue weighted by Crippen LogP contribution is 2.37. The van der Waals surface area contributed by atoms with Crippen LogP contribution < -0.4 is 5.32 Å². The molecule has 1 N–H and O–H groups in total. The predicted molar refractivity (Wildman–Crippen MR) is 78.5 cm³/mol. The monoisotopic (exact) mass is 330 g/mol. The molecule has 2 rings (SSSR count). The minimum absolute atomic E-state index is 0.0199. The van der Waals surface area contributed by atoms with E-state index >= 15 is 0 Å². The molecule has 3 nitrogen and oxygen atoms in total. The number of thiazole rings is 1. The molecule has 1 aliphatic rings. The van der Waals surface area contributed by atoms with Crippen LogP contribution in [0.5, 0.6) is 0 Å². The van der Waals surface area contributed by atoms with Crippen LogP contribution in [0.15, 0.2) is 6.20 Å². The maximum atomic E-state index is 12.0. The zero-order valence-electron chi connectivity index (χ0n) is 10.7. The summed E-state index contributed by atoms with van der Waals surface area (Å²) in [7, 11) is 0. The molecule has 1 amide bonds. The van der Waals surface area contributed by atoms with Crippen molar-refractivity contribution in [1.29, 1.82) is 0 Å². The molecule has 1 aromatic rings. The van der Waals surface area contributed by atoms with Crippen molar-refractivity contribution in [3.05, 3.63) is 16.1 Å². The van der Waals surface area contributed by atoms with Gasteiger partial charge in [-0.25, -0.2) is 4.98 Å². The van der Waals surface area contributed by atoms with E-state index < -0.39 is 0 Å². The molecule has 18 heavy (non-hydrogen) atoms. The van der Waals surface area contributed by atoms with Gasteiger partial charge in [0.05, 0.1) is 11.2 Å². The fraction of sp³-hybridized carbons (Fsp3) is 0.692. The Balaban J connectivity index is 1.91. The Labute approximate surface area is 121 Å². The van der Waals surface area contributed by atoms with Gasteiger partial charge in [-0.2, -0.15) is 0 Å². The van der Waals surface area contributed by atoms with Gasteiger partial charge in [-0.3, -0.25) is 4.79 Å². The lowest BCUT2D eigenvalue weighted by molar-refractivity contribution is 0.0926. The van der Waals surface area contributed by atoms with Gasteiger partial charge in [0.15, 0.2) is 0 Å². The molecule has 0 bridgehead atoms. The normalized spacial score (nSPS) is 18.6. The van der Waals surface area contributed by atoms with Crippen LogP contribution in [-0.4, -0.2) is 22.8 Å². The summed E-state index contributed by atoms with van der Waals surface area (Å²) in [6.45, 7) is 2.69. The largest absolute Gasteiger partial charge is 0.351 e. The van der Waals surface area contributed by atoms with Crippen LogP contribution >= 0.6 is 27.3 Å². The zero-order valence-corrected chi connectivity index (χ0v) is 13.1. The summed E-state index contributed by atoms with van der Waals surface area (Å²) in [6.07, 6.45) is 7.97. The Morgan fingerprint density at radius 1 is 1.50 bits per heavy atom. The van der Waals surface area contributed by atoms with Gasteiger partial charge in [-0.15, -0.1) is 11.3 Å². The molecule has 0 spiro atoms. The van der Waals surface area contributed by atoms with Crippen LogP contribution in [0.3, 0.4) is 0 Å². The fourth-order valence-electron chi connectivity index (χ4n) is 2.48. The summed E-state index contributed by atoms with van der Waals surface area (Å²) in [6, 6.07) is 0. The van der Waals surface area contributed by atoms with E-state index in [1.54, 1.807) is 6.20 Å². The van der Waals surface area contributed by atoms with Crippen LogP contribution in [0.2, 0.25) is 0 Å². The molecule has 1 saturated carbocycles. The van der Waals surface area contributed by atoms with Gasteiger partial charge < -0.3 is 5.32 Å². The Morgan fingerprint density at radius 2 is 2.22 bits per heavy atom. The zero-order chi connectivity index (χ0) is 13.0. The first-order chi connectivity index (χ1) is 8.65. The molecule has 0 aromatic carbocycles. The first-order valence-electron chi connectivity index (χ1n) is 6.42. The number of carbonyl (C=O) groups is 1. The number of rotatable bonds is 4. The van der Waals surface area contributed by atoms with E-state index in [9.17, 15) is 4.79 Å². The molecule has 100 valence electrons. The number of aromatic nitrogens is 1. The maximum Gasteiger partial charge on any atom is 0.263 e. The van der Waals surface area contributed by atoms with Crippen LogP contribution in [0.1, 0.15) is 46.8 Å². The first-order valence-corrected chi connectivity index (χ1v) is 8.36. The number of hydrogen-bond acceptors (Lipinski definition) is 3. The second-order valence-corrected chi connectivity index (χ2v) is 6.92. The molecule has 0 radical (unpaired) electrons. The molecule has 1 fully saturated rings. The summed E-state index contributed by atoms with van der Waals surface area (Å²) >= 11 is 5.07. The summed E-state index contributed by atoms with van der Waals surface area (Å²) in [5.41, 5.74) is 0.258. The van der Waals surface area contributed by atoms with Crippen molar-refractivity contribution in [2.24, 2.45) is 5.41 Å². The Morgan fingerprint density at radius 3 is 2.78 bits per heavy atom. The lowest BCUT2D eigenvalue weighted by Crippen LogP contribution is -2.40. The Kier molecular flexibility index (Phi) is 4.78. The second kappa shape index (κ2) is 6.15. The minimum Gasteiger partial charge on any atom is -0.351 e. The standard InChI is InChI=1S/C13H19BrN2OS/c1-10-15-7-11(18-10)12(17)16-9-13(8-14)5-3-2-4-6-13/h7H,2-6,8-9H2,1H3,(H,16,17). The van der Waals surface area contributed by atoms with Gasteiger partial charge >= 0.3 is 0 Å². The Bertz CT molecular complexity index is 413. The van der Waals surface area contributed by atoms with Crippen LogP contribution in [0, 0.1) is 12.3 Å². The smallest absolute Gasteiger partial charge is 0.263 e. The molecule has 0 unspecified atom stereocenters. The molecule has 0 atom stereocenters. The van der Waals surface area contributed by atoms with Gasteiger partial charge in [0.1, 0.15) is 4.88 Å².